The molecule has 1 aliphatic rings. The van der Waals surface area contributed by atoms with Crippen molar-refractivity contribution in [1.29, 1.82) is 0 Å². The molecule has 0 bridgehead atoms. The Morgan fingerprint density at radius 1 is 1.28 bits per heavy atom. The molecule has 2 aromatic rings. The van der Waals surface area contributed by atoms with E-state index in [1.165, 1.54) is 6.07 Å². The summed E-state index contributed by atoms with van der Waals surface area (Å²) in [7, 11) is 0. The fraction of sp³-hybridized carbons (Fsp3) is 0.286. The number of rotatable bonds is 3. The van der Waals surface area contributed by atoms with Crippen molar-refractivity contribution in [2.24, 2.45) is 0 Å². The fourth-order valence-electron chi connectivity index (χ4n) is 2.18. The minimum atomic E-state index is -0.170. The van der Waals surface area contributed by atoms with Gasteiger partial charge in [-0.25, -0.2) is 14.4 Å². The van der Waals surface area contributed by atoms with Gasteiger partial charge in [0.1, 0.15) is 18.0 Å². The highest BCUT2D eigenvalue weighted by molar-refractivity contribution is 5.41. The lowest BCUT2D eigenvalue weighted by molar-refractivity contribution is 0.625. The Labute approximate surface area is 105 Å². The molecule has 2 atom stereocenters. The largest absolute Gasteiger partial charge is 0.367 e. The molecule has 18 heavy (non-hydrogen) atoms. The predicted octanol–water partition coefficient (Wildman–Crippen LogP) is 2.89. The first-order valence-electron chi connectivity index (χ1n) is 6.03. The second kappa shape index (κ2) is 4.37. The van der Waals surface area contributed by atoms with Crippen molar-refractivity contribution in [1.82, 2.24) is 9.97 Å². The molecule has 1 heterocycles. The van der Waals surface area contributed by atoms with Crippen molar-refractivity contribution in [3.05, 3.63) is 53.7 Å². The Bertz CT molecular complexity index is 570. The van der Waals surface area contributed by atoms with Gasteiger partial charge in [0.15, 0.2) is 0 Å². The highest BCUT2D eigenvalue weighted by Crippen LogP contribution is 2.42. The standard InChI is InChI=1S/C14H14FN3/c1-9-5-14(17-8-16-9)18-13-7-12(13)10-3-2-4-11(15)6-10/h2-6,8,12-13H,7H2,1H3,(H,16,17,18)/t12-,13+/m0/s1. The second-order valence-corrected chi connectivity index (χ2v) is 4.69. The van der Waals surface area contributed by atoms with Crippen molar-refractivity contribution >= 4 is 5.82 Å². The Balaban J connectivity index is 1.68. The van der Waals surface area contributed by atoms with E-state index in [1.54, 1.807) is 18.5 Å². The van der Waals surface area contributed by atoms with Crippen molar-refractivity contribution < 1.29 is 4.39 Å². The summed E-state index contributed by atoms with van der Waals surface area (Å²) < 4.78 is 13.1. The van der Waals surface area contributed by atoms with Gasteiger partial charge in [0.05, 0.1) is 0 Å². The minimum Gasteiger partial charge on any atom is -0.367 e. The quantitative estimate of drug-likeness (QED) is 0.900. The van der Waals surface area contributed by atoms with Gasteiger partial charge in [-0.2, -0.15) is 0 Å². The number of halogens is 1. The van der Waals surface area contributed by atoms with Crippen LogP contribution in [-0.4, -0.2) is 16.0 Å². The summed E-state index contributed by atoms with van der Waals surface area (Å²) in [6, 6.07) is 9.08. The lowest BCUT2D eigenvalue weighted by Gasteiger charge is -2.05. The molecule has 4 heteroatoms. The van der Waals surface area contributed by atoms with Gasteiger partial charge in [-0.3, -0.25) is 0 Å². The van der Waals surface area contributed by atoms with Crippen LogP contribution in [0.15, 0.2) is 36.7 Å². The van der Waals surface area contributed by atoms with E-state index >= 15 is 0 Å². The van der Waals surface area contributed by atoms with Crippen LogP contribution < -0.4 is 5.32 Å². The maximum Gasteiger partial charge on any atom is 0.129 e. The summed E-state index contributed by atoms with van der Waals surface area (Å²) in [5.74, 6) is 1.05. The molecular formula is C14H14FN3. The third-order valence-corrected chi connectivity index (χ3v) is 3.20. The zero-order valence-electron chi connectivity index (χ0n) is 10.1. The van der Waals surface area contributed by atoms with Crippen LogP contribution in [0.5, 0.6) is 0 Å². The van der Waals surface area contributed by atoms with E-state index in [-0.39, 0.29) is 5.82 Å². The van der Waals surface area contributed by atoms with Gasteiger partial charge >= 0.3 is 0 Å². The predicted molar refractivity (Wildman–Crippen MR) is 67.9 cm³/mol. The number of hydrogen-bond acceptors (Lipinski definition) is 3. The van der Waals surface area contributed by atoms with Crippen LogP contribution in [0.1, 0.15) is 23.6 Å². The normalized spacial score (nSPS) is 21.7. The van der Waals surface area contributed by atoms with E-state index in [0.717, 1.165) is 23.5 Å². The summed E-state index contributed by atoms with van der Waals surface area (Å²) in [5, 5.41) is 3.35. The van der Waals surface area contributed by atoms with E-state index in [0.29, 0.717) is 12.0 Å². The molecule has 3 nitrogen and oxygen atoms in total. The van der Waals surface area contributed by atoms with Gasteiger partial charge in [0, 0.05) is 23.7 Å². The first-order valence-corrected chi connectivity index (χ1v) is 6.03. The molecule has 0 amide bonds. The molecule has 1 N–H and O–H groups in total. The average Bonchev–Trinajstić information content (AvgIpc) is 3.08. The highest BCUT2D eigenvalue weighted by Gasteiger charge is 2.38. The second-order valence-electron chi connectivity index (χ2n) is 4.69. The maximum absolute atomic E-state index is 13.1. The van der Waals surface area contributed by atoms with E-state index < -0.39 is 0 Å². The highest BCUT2D eigenvalue weighted by atomic mass is 19.1. The van der Waals surface area contributed by atoms with Crippen molar-refractivity contribution in [3.8, 4) is 0 Å². The molecule has 1 aromatic carbocycles. The minimum absolute atomic E-state index is 0.170. The number of hydrogen-bond donors (Lipinski definition) is 1. The van der Waals surface area contributed by atoms with Gasteiger partial charge in [-0.15, -0.1) is 0 Å². The van der Waals surface area contributed by atoms with Crippen LogP contribution in [0.25, 0.3) is 0 Å². The van der Waals surface area contributed by atoms with Gasteiger partial charge in [0.25, 0.3) is 0 Å². The molecule has 0 aliphatic heterocycles. The number of benzene rings is 1. The van der Waals surface area contributed by atoms with Crippen LogP contribution >= 0.6 is 0 Å². The summed E-state index contributed by atoms with van der Waals surface area (Å²) in [6.45, 7) is 1.93. The number of aryl methyl sites for hydroxylation is 1. The zero-order valence-corrected chi connectivity index (χ0v) is 10.1. The first kappa shape index (κ1) is 11.1. The van der Waals surface area contributed by atoms with Gasteiger partial charge in [-0.05, 0) is 31.0 Å². The number of nitrogens with zero attached hydrogens (tertiary/aromatic N) is 2. The third kappa shape index (κ3) is 2.32. The van der Waals surface area contributed by atoms with Crippen molar-refractivity contribution in [2.75, 3.05) is 5.32 Å². The molecule has 1 aliphatic carbocycles. The Morgan fingerprint density at radius 3 is 2.94 bits per heavy atom. The van der Waals surface area contributed by atoms with E-state index in [4.69, 9.17) is 0 Å². The molecule has 1 fully saturated rings. The summed E-state index contributed by atoms with van der Waals surface area (Å²) >= 11 is 0. The van der Waals surface area contributed by atoms with Crippen molar-refractivity contribution in [2.45, 2.75) is 25.3 Å². The molecule has 0 saturated heterocycles. The number of aromatic nitrogens is 2. The summed E-state index contributed by atoms with van der Waals surface area (Å²) in [6.07, 6.45) is 2.57. The van der Waals surface area contributed by atoms with Crippen LogP contribution in [0.3, 0.4) is 0 Å². The van der Waals surface area contributed by atoms with E-state index in [1.807, 2.05) is 19.1 Å². The number of anilines is 1. The fourth-order valence-corrected chi connectivity index (χ4v) is 2.18. The Kier molecular flexibility index (Phi) is 2.70. The number of nitrogens with one attached hydrogen (secondary N) is 1. The SMILES string of the molecule is Cc1cc(N[C@@H]2C[C@H]2c2cccc(F)c2)ncn1. The average molecular weight is 243 g/mol. The zero-order chi connectivity index (χ0) is 12.5. The van der Waals surface area contributed by atoms with Crippen molar-refractivity contribution in [3.63, 3.8) is 0 Å². The van der Waals surface area contributed by atoms with Crippen LogP contribution in [0.2, 0.25) is 0 Å². The van der Waals surface area contributed by atoms with Gasteiger partial charge in [-0.1, -0.05) is 12.1 Å². The topological polar surface area (TPSA) is 37.8 Å². The lowest BCUT2D eigenvalue weighted by atomic mass is 10.1. The lowest BCUT2D eigenvalue weighted by Crippen LogP contribution is -2.06. The molecule has 0 radical (unpaired) electrons. The molecule has 0 unspecified atom stereocenters. The monoisotopic (exact) mass is 243 g/mol. The summed E-state index contributed by atoms with van der Waals surface area (Å²) in [4.78, 5) is 8.22. The molecule has 1 saturated carbocycles. The van der Waals surface area contributed by atoms with E-state index in [9.17, 15) is 4.39 Å². The van der Waals surface area contributed by atoms with Crippen LogP contribution in [-0.2, 0) is 0 Å². The Morgan fingerprint density at radius 2 is 2.17 bits per heavy atom. The molecule has 92 valence electrons. The van der Waals surface area contributed by atoms with Gasteiger partial charge in [0.2, 0.25) is 0 Å². The third-order valence-electron chi connectivity index (χ3n) is 3.20. The molecule has 0 spiro atoms. The first-order chi connectivity index (χ1) is 8.72. The maximum atomic E-state index is 13.1. The van der Waals surface area contributed by atoms with Gasteiger partial charge < -0.3 is 5.32 Å². The molecular weight excluding hydrogens is 229 g/mol. The smallest absolute Gasteiger partial charge is 0.129 e. The van der Waals surface area contributed by atoms with Crippen LogP contribution in [0, 0.1) is 12.7 Å². The summed E-state index contributed by atoms with van der Waals surface area (Å²) in [5.41, 5.74) is 1.99. The molecule has 1 aromatic heterocycles. The van der Waals surface area contributed by atoms with E-state index in [2.05, 4.69) is 15.3 Å². The molecule has 3 rings (SSSR count). The van der Waals surface area contributed by atoms with Crippen LogP contribution in [0.4, 0.5) is 10.2 Å². The Hall–Kier alpha value is -1.97.